The van der Waals surface area contributed by atoms with Crippen LogP contribution in [0.25, 0.3) is 0 Å². The van der Waals surface area contributed by atoms with Crippen LogP contribution in [0, 0.1) is 6.92 Å². The number of aryl methyl sites for hydroxylation is 4. The molecule has 0 spiro atoms. The molecule has 29 heavy (non-hydrogen) atoms. The molecule has 0 aromatic heterocycles. The molecule has 2 rings (SSSR count). The van der Waals surface area contributed by atoms with E-state index in [2.05, 4.69) is 77.9 Å². The third-order valence-corrected chi connectivity index (χ3v) is 5.82. The van der Waals surface area contributed by atoms with Gasteiger partial charge in [-0.3, -0.25) is 0 Å². The van der Waals surface area contributed by atoms with Gasteiger partial charge < -0.3 is 0 Å². The molecule has 0 nitrogen and oxygen atoms in total. The number of hydrogen-bond acceptors (Lipinski definition) is 0. The van der Waals surface area contributed by atoms with Gasteiger partial charge >= 0.3 is 0 Å². The van der Waals surface area contributed by atoms with E-state index in [9.17, 15) is 0 Å². The van der Waals surface area contributed by atoms with Crippen molar-refractivity contribution in [2.45, 2.75) is 112 Å². The zero-order valence-corrected chi connectivity index (χ0v) is 20.2. The molecule has 162 valence electrons. The van der Waals surface area contributed by atoms with Crippen LogP contribution in [0.2, 0.25) is 0 Å². The third-order valence-electron chi connectivity index (χ3n) is 5.82. The molecule has 2 aromatic carbocycles. The topological polar surface area (TPSA) is 0 Å². The molecule has 0 aliphatic carbocycles. The smallest absolute Gasteiger partial charge is 0.0273 e. The molecule has 0 amide bonds. The maximum absolute atomic E-state index is 2.39. The lowest BCUT2D eigenvalue weighted by Gasteiger charge is -2.17. The first kappa shape index (κ1) is 25.5. The van der Waals surface area contributed by atoms with Gasteiger partial charge in [0.05, 0.1) is 0 Å². The van der Waals surface area contributed by atoms with Crippen molar-refractivity contribution in [3.63, 3.8) is 0 Å². The average Bonchev–Trinajstić information content (AvgIpc) is 2.74. The molecule has 0 saturated heterocycles. The van der Waals surface area contributed by atoms with Crippen LogP contribution in [-0.2, 0) is 32.1 Å². The van der Waals surface area contributed by atoms with E-state index in [1.54, 1.807) is 22.3 Å². The number of unbranched alkanes of at least 4 members (excludes halogenated alkanes) is 3. The van der Waals surface area contributed by atoms with E-state index in [1.165, 1.54) is 81.8 Å². The molecule has 0 N–H and O–H groups in total. The van der Waals surface area contributed by atoms with E-state index in [0.29, 0.717) is 0 Å². The fraction of sp³-hybridized carbons (Fsp3) is 0.586. The van der Waals surface area contributed by atoms with Crippen LogP contribution in [0.1, 0.15) is 107 Å². The zero-order chi connectivity index (χ0) is 21.5. The minimum absolute atomic E-state index is 1.18. The van der Waals surface area contributed by atoms with Gasteiger partial charge in [-0.2, -0.15) is 0 Å². The van der Waals surface area contributed by atoms with Gasteiger partial charge in [-0.05, 0) is 73.3 Å². The Kier molecular flexibility index (Phi) is 13.4. The molecule has 0 fully saturated rings. The van der Waals surface area contributed by atoms with Crippen molar-refractivity contribution in [2.24, 2.45) is 0 Å². The second kappa shape index (κ2) is 15.3. The molecule has 2 aromatic rings. The molecule has 0 bridgehead atoms. The highest BCUT2D eigenvalue weighted by Crippen LogP contribution is 2.24. The highest BCUT2D eigenvalue weighted by molar-refractivity contribution is 5.41. The van der Waals surface area contributed by atoms with Crippen molar-refractivity contribution in [1.29, 1.82) is 0 Å². The first-order chi connectivity index (χ1) is 14.1. The quantitative estimate of drug-likeness (QED) is 0.334. The third kappa shape index (κ3) is 9.20. The highest BCUT2D eigenvalue weighted by Gasteiger charge is 2.10. The lowest BCUT2D eigenvalue weighted by atomic mass is 9.88. The molecular formula is C29H46. The minimum atomic E-state index is 1.18. The molecular weight excluding hydrogens is 348 g/mol. The summed E-state index contributed by atoms with van der Waals surface area (Å²) in [6.07, 6.45) is 14.1. The molecule has 0 unspecified atom stereocenters. The van der Waals surface area contributed by atoms with Crippen molar-refractivity contribution >= 4 is 0 Å². The van der Waals surface area contributed by atoms with E-state index < -0.39 is 0 Å². The maximum atomic E-state index is 2.39. The van der Waals surface area contributed by atoms with Gasteiger partial charge in [0.25, 0.3) is 0 Å². The SMILES string of the molecule is CCCCCCc1c(CC)ccc(CCC)c1CC.CCCc1ccc(C)cc1. The lowest BCUT2D eigenvalue weighted by molar-refractivity contribution is 0.661. The zero-order valence-electron chi connectivity index (χ0n) is 20.2. The van der Waals surface area contributed by atoms with Gasteiger partial charge in [0.2, 0.25) is 0 Å². The molecule has 0 radical (unpaired) electrons. The van der Waals surface area contributed by atoms with Crippen LogP contribution < -0.4 is 0 Å². The summed E-state index contributed by atoms with van der Waals surface area (Å²) in [6.45, 7) is 13.5. The molecule has 0 aliphatic heterocycles. The van der Waals surface area contributed by atoms with Gasteiger partial charge in [0.1, 0.15) is 0 Å². The van der Waals surface area contributed by atoms with E-state index in [1.807, 2.05) is 0 Å². The normalized spacial score (nSPS) is 10.6. The monoisotopic (exact) mass is 394 g/mol. The summed E-state index contributed by atoms with van der Waals surface area (Å²) in [5.41, 5.74) is 9.35. The van der Waals surface area contributed by atoms with Crippen LogP contribution in [0.5, 0.6) is 0 Å². The van der Waals surface area contributed by atoms with E-state index in [4.69, 9.17) is 0 Å². The van der Waals surface area contributed by atoms with Crippen molar-refractivity contribution in [1.82, 2.24) is 0 Å². The largest absolute Gasteiger partial charge is 0.0654 e. The summed E-state index contributed by atoms with van der Waals surface area (Å²) >= 11 is 0. The predicted octanol–water partition coefficient (Wildman–Crippen LogP) is 8.83. The number of benzene rings is 2. The Morgan fingerprint density at radius 2 is 1.17 bits per heavy atom. The average molecular weight is 395 g/mol. The predicted molar refractivity (Wildman–Crippen MR) is 132 cm³/mol. The number of rotatable bonds is 11. The minimum Gasteiger partial charge on any atom is -0.0654 e. The standard InChI is InChI=1S/C19H32.C10H14/c1-5-9-10-11-13-19-16(7-3)14-15-17(12-6-2)18(19)8-4;1-3-4-10-7-5-9(2)6-8-10/h14-15H,5-13H2,1-4H3;5-8H,3-4H2,1-2H3. The first-order valence-electron chi connectivity index (χ1n) is 12.3. The summed E-state index contributed by atoms with van der Waals surface area (Å²) in [7, 11) is 0. The Labute approximate surface area is 182 Å². The summed E-state index contributed by atoms with van der Waals surface area (Å²) in [5.74, 6) is 0. The fourth-order valence-corrected chi connectivity index (χ4v) is 4.15. The Morgan fingerprint density at radius 3 is 1.72 bits per heavy atom. The van der Waals surface area contributed by atoms with Gasteiger partial charge in [-0.25, -0.2) is 0 Å². The summed E-state index contributed by atoms with van der Waals surface area (Å²) < 4.78 is 0. The van der Waals surface area contributed by atoms with E-state index in [-0.39, 0.29) is 0 Å². The first-order valence-corrected chi connectivity index (χ1v) is 12.3. The van der Waals surface area contributed by atoms with E-state index in [0.717, 1.165) is 0 Å². The van der Waals surface area contributed by atoms with Crippen molar-refractivity contribution in [2.75, 3.05) is 0 Å². The summed E-state index contributed by atoms with van der Waals surface area (Å²) in [5, 5.41) is 0. The maximum Gasteiger partial charge on any atom is -0.0273 e. The second-order valence-electron chi connectivity index (χ2n) is 8.34. The molecule has 0 heteroatoms. The Bertz CT molecular complexity index is 663. The van der Waals surface area contributed by atoms with Crippen molar-refractivity contribution in [3.05, 3.63) is 69.8 Å². The van der Waals surface area contributed by atoms with Crippen LogP contribution in [0.3, 0.4) is 0 Å². The Hall–Kier alpha value is -1.56. The molecule has 0 heterocycles. The second-order valence-corrected chi connectivity index (χ2v) is 8.34. The van der Waals surface area contributed by atoms with Gasteiger partial charge in [0, 0.05) is 0 Å². The fourth-order valence-electron chi connectivity index (χ4n) is 4.15. The van der Waals surface area contributed by atoms with Crippen molar-refractivity contribution in [3.8, 4) is 0 Å². The van der Waals surface area contributed by atoms with Crippen LogP contribution >= 0.6 is 0 Å². The Morgan fingerprint density at radius 1 is 0.517 bits per heavy atom. The van der Waals surface area contributed by atoms with Crippen LogP contribution in [0.15, 0.2) is 36.4 Å². The van der Waals surface area contributed by atoms with E-state index >= 15 is 0 Å². The van der Waals surface area contributed by atoms with Gasteiger partial charge in [-0.1, -0.05) is 109 Å². The van der Waals surface area contributed by atoms with Gasteiger partial charge in [0.15, 0.2) is 0 Å². The molecule has 0 saturated carbocycles. The molecule has 0 atom stereocenters. The van der Waals surface area contributed by atoms with Gasteiger partial charge in [-0.15, -0.1) is 0 Å². The summed E-state index contributed by atoms with van der Waals surface area (Å²) in [4.78, 5) is 0. The number of hydrogen-bond donors (Lipinski definition) is 0. The lowest BCUT2D eigenvalue weighted by Crippen LogP contribution is -2.04. The molecule has 0 aliphatic rings. The summed E-state index contributed by atoms with van der Waals surface area (Å²) in [6, 6.07) is 13.5. The van der Waals surface area contributed by atoms with Crippen LogP contribution in [0.4, 0.5) is 0 Å². The Balaban J connectivity index is 0.000000352. The van der Waals surface area contributed by atoms with Crippen LogP contribution in [-0.4, -0.2) is 0 Å². The van der Waals surface area contributed by atoms with Crippen molar-refractivity contribution < 1.29 is 0 Å². The highest BCUT2D eigenvalue weighted by atomic mass is 14.2.